The van der Waals surface area contributed by atoms with Crippen LogP contribution in [0.5, 0.6) is 0 Å². The summed E-state index contributed by atoms with van der Waals surface area (Å²) in [5.74, 6) is -0.297. The lowest BCUT2D eigenvalue weighted by Gasteiger charge is -2.31. The molecule has 0 rings (SSSR count). The third-order valence-corrected chi connectivity index (χ3v) is 4.21. The van der Waals surface area contributed by atoms with E-state index in [1.54, 1.807) is 21.1 Å². The lowest BCUT2D eigenvalue weighted by molar-refractivity contribution is -0.178. The zero-order valence-corrected chi connectivity index (χ0v) is 15.7. The highest BCUT2D eigenvalue weighted by molar-refractivity contribution is 5.87. The molecule has 0 N–H and O–H groups in total. The first-order chi connectivity index (χ1) is 11.0. The molecule has 0 heterocycles. The summed E-state index contributed by atoms with van der Waals surface area (Å²) >= 11 is 0. The van der Waals surface area contributed by atoms with E-state index in [9.17, 15) is 4.79 Å². The predicted octanol–water partition coefficient (Wildman–Crippen LogP) is 4.87. The van der Waals surface area contributed by atoms with Gasteiger partial charge in [0.05, 0.1) is 0 Å². The third kappa shape index (κ3) is 9.11. The second-order valence-electron chi connectivity index (χ2n) is 6.19. The summed E-state index contributed by atoms with van der Waals surface area (Å²) in [6.45, 7) is 9.63. The minimum absolute atomic E-state index is 0.0314. The highest BCUT2D eigenvalue weighted by atomic mass is 16.7. The first kappa shape index (κ1) is 22.1. The van der Waals surface area contributed by atoms with Crippen LogP contribution in [-0.4, -0.2) is 32.6 Å². The molecule has 0 aliphatic rings. The maximum Gasteiger partial charge on any atom is 0.333 e. The minimum atomic E-state index is -0.358. The molecule has 0 amide bonds. The van der Waals surface area contributed by atoms with Crippen LogP contribution >= 0.6 is 0 Å². The van der Waals surface area contributed by atoms with Gasteiger partial charge in [0, 0.05) is 25.7 Å². The molecule has 4 heteroatoms. The van der Waals surface area contributed by atoms with Crippen molar-refractivity contribution >= 4 is 5.97 Å². The molecular weight excluding hydrogens is 292 g/mol. The summed E-state index contributed by atoms with van der Waals surface area (Å²) in [5, 5.41) is 0. The van der Waals surface area contributed by atoms with Crippen LogP contribution in [0.25, 0.3) is 0 Å². The van der Waals surface area contributed by atoms with Gasteiger partial charge in [-0.05, 0) is 26.2 Å². The fraction of sp³-hybridized carbons (Fsp3) is 0.842. The average Bonchev–Trinajstić information content (AvgIpc) is 2.54. The van der Waals surface area contributed by atoms with Crippen molar-refractivity contribution in [3.05, 3.63) is 12.2 Å². The van der Waals surface area contributed by atoms with E-state index in [0.717, 1.165) is 19.3 Å². The van der Waals surface area contributed by atoms with Crippen LogP contribution in [0.4, 0.5) is 0 Å². The van der Waals surface area contributed by atoms with Crippen molar-refractivity contribution in [3.63, 3.8) is 0 Å². The van der Waals surface area contributed by atoms with Crippen LogP contribution < -0.4 is 0 Å². The number of esters is 1. The topological polar surface area (TPSA) is 44.8 Å². The summed E-state index contributed by atoms with van der Waals surface area (Å²) in [7, 11) is 3.25. The number of hydrogen-bond donors (Lipinski definition) is 0. The van der Waals surface area contributed by atoms with E-state index < -0.39 is 0 Å². The van der Waals surface area contributed by atoms with E-state index in [2.05, 4.69) is 20.4 Å². The highest BCUT2D eigenvalue weighted by Crippen LogP contribution is 2.25. The lowest BCUT2D eigenvalue weighted by Crippen LogP contribution is -2.37. The van der Waals surface area contributed by atoms with Crippen molar-refractivity contribution in [2.24, 2.45) is 5.92 Å². The minimum Gasteiger partial charge on any atom is -0.459 e. The van der Waals surface area contributed by atoms with Crippen molar-refractivity contribution in [3.8, 4) is 0 Å². The summed E-state index contributed by atoms with van der Waals surface area (Å²) in [6, 6.07) is 0. The molecule has 0 saturated carbocycles. The molecule has 0 aromatic heterocycles. The molecule has 0 fully saturated rings. The van der Waals surface area contributed by atoms with Gasteiger partial charge in [0.15, 0.2) is 6.29 Å². The zero-order valence-electron chi connectivity index (χ0n) is 15.7. The van der Waals surface area contributed by atoms with Crippen LogP contribution in [0.3, 0.4) is 0 Å². The van der Waals surface area contributed by atoms with Gasteiger partial charge in [-0.15, -0.1) is 0 Å². The molecule has 136 valence electrons. The van der Waals surface area contributed by atoms with Crippen molar-refractivity contribution in [1.82, 2.24) is 0 Å². The van der Waals surface area contributed by atoms with Crippen LogP contribution in [0.2, 0.25) is 0 Å². The van der Waals surface area contributed by atoms with Crippen molar-refractivity contribution in [1.29, 1.82) is 0 Å². The molecule has 0 radical (unpaired) electrons. The SMILES string of the molecule is C=C(C)C(=O)OC(CCCCCCCC)C(CC)C(OC)OC. The molecule has 0 aromatic rings. The van der Waals surface area contributed by atoms with E-state index in [1.807, 2.05) is 0 Å². The Morgan fingerprint density at radius 3 is 2.04 bits per heavy atom. The predicted molar refractivity (Wildman–Crippen MR) is 94.3 cm³/mol. The maximum absolute atomic E-state index is 11.9. The van der Waals surface area contributed by atoms with Gasteiger partial charge in [-0.3, -0.25) is 0 Å². The van der Waals surface area contributed by atoms with Crippen molar-refractivity contribution in [2.75, 3.05) is 14.2 Å². The Morgan fingerprint density at radius 1 is 1.00 bits per heavy atom. The number of carbonyl (C=O) groups excluding carboxylic acids is 1. The van der Waals surface area contributed by atoms with Crippen molar-refractivity contribution < 1.29 is 19.0 Å². The molecule has 2 atom stereocenters. The number of rotatable bonds is 14. The van der Waals surface area contributed by atoms with Gasteiger partial charge in [-0.2, -0.15) is 0 Å². The van der Waals surface area contributed by atoms with Gasteiger partial charge in [0.25, 0.3) is 0 Å². The fourth-order valence-corrected chi connectivity index (χ4v) is 2.80. The van der Waals surface area contributed by atoms with E-state index in [1.165, 1.54) is 32.1 Å². The highest BCUT2D eigenvalue weighted by Gasteiger charge is 2.31. The molecule has 0 spiro atoms. The second-order valence-corrected chi connectivity index (χ2v) is 6.19. The Bertz CT molecular complexity index is 323. The number of hydrogen-bond acceptors (Lipinski definition) is 4. The van der Waals surface area contributed by atoms with Gasteiger partial charge >= 0.3 is 5.97 Å². The van der Waals surface area contributed by atoms with E-state index >= 15 is 0 Å². The molecule has 0 aromatic carbocycles. The van der Waals surface area contributed by atoms with Gasteiger partial charge in [-0.25, -0.2) is 4.79 Å². The van der Waals surface area contributed by atoms with Gasteiger partial charge in [0.1, 0.15) is 6.10 Å². The molecule has 0 aliphatic carbocycles. The van der Waals surface area contributed by atoms with Crippen LogP contribution in [0.1, 0.15) is 72.1 Å². The largest absolute Gasteiger partial charge is 0.459 e. The van der Waals surface area contributed by atoms with Crippen LogP contribution in [-0.2, 0) is 19.0 Å². The van der Waals surface area contributed by atoms with Gasteiger partial charge in [0.2, 0.25) is 0 Å². The Kier molecular flexibility index (Phi) is 13.0. The van der Waals surface area contributed by atoms with Crippen LogP contribution in [0, 0.1) is 5.92 Å². The third-order valence-electron chi connectivity index (χ3n) is 4.21. The summed E-state index contributed by atoms with van der Waals surface area (Å²) in [5.41, 5.74) is 0.430. The average molecular weight is 328 g/mol. The summed E-state index contributed by atoms with van der Waals surface area (Å²) < 4.78 is 16.5. The smallest absolute Gasteiger partial charge is 0.333 e. The van der Waals surface area contributed by atoms with E-state index in [-0.39, 0.29) is 24.3 Å². The molecule has 0 saturated heterocycles. The first-order valence-electron chi connectivity index (χ1n) is 8.93. The summed E-state index contributed by atoms with van der Waals surface area (Å²) in [4.78, 5) is 11.9. The lowest BCUT2D eigenvalue weighted by atomic mass is 9.93. The molecular formula is C19H36O4. The summed E-state index contributed by atoms with van der Waals surface area (Å²) in [6.07, 6.45) is 8.40. The van der Waals surface area contributed by atoms with Crippen LogP contribution in [0.15, 0.2) is 12.2 Å². The standard InChI is InChI=1S/C19H36O4/c1-7-9-10-11-12-13-14-17(23-18(20)15(3)4)16(8-2)19(21-5)22-6/h16-17,19H,3,7-14H2,1-2,4-6H3. The molecule has 23 heavy (non-hydrogen) atoms. The monoisotopic (exact) mass is 328 g/mol. The Hall–Kier alpha value is -0.870. The number of unbranched alkanes of at least 4 members (excludes halogenated alkanes) is 5. The fourth-order valence-electron chi connectivity index (χ4n) is 2.80. The molecule has 4 nitrogen and oxygen atoms in total. The van der Waals surface area contributed by atoms with Gasteiger partial charge in [-0.1, -0.05) is 52.5 Å². The number of methoxy groups -OCH3 is 2. The van der Waals surface area contributed by atoms with Gasteiger partial charge < -0.3 is 14.2 Å². The maximum atomic E-state index is 11.9. The normalized spacial score (nSPS) is 13.8. The quantitative estimate of drug-likeness (QED) is 0.197. The Balaban J connectivity index is 4.65. The molecule has 2 unspecified atom stereocenters. The Morgan fingerprint density at radius 2 is 1.57 bits per heavy atom. The first-order valence-corrected chi connectivity index (χ1v) is 8.93. The van der Waals surface area contributed by atoms with E-state index in [4.69, 9.17) is 14.2 Å². The van der Waals surface area contributed by atoms with E-state index in [0.29, 0.717) is 5.57 Å². The zero-order chi connectivity index (χ0) is 17.7. The Labute approximate surface area is 142 Å². The molecule has 0 aliphatic heterocycles. The number of carbonyl (C=O) groups is 1. The molecule has 0 bridgehead atoms. The van der Waals surface area contributed by atoms with Crippen molar-refractivity contribution in [2.45, 2.75) is 84.5 Å². The second kappa shape index (κ2) is 13.6. The number of ether oxygens (including phenoxy) is 3.